The van der Waals surface area contributed by atoms with Crippen LogP contribution in [0.2, 0.25) is 0 Å². The lowest BCUT2D eigenvalue weighted by Gasteiger charge is -2.25. The van der Waals surface area contributed by atoms with Crippen LogP contribution in [0, 0.1) is 5.82 Å². The third kappa shape index (κ3) is 4.27. The quantitative estimate of drug-likeness (QED) is 0.590. The van der Waals surface area contributed by atoms with Crippen molar-refractivity contribution in [1.29, 1.82) is 0 Å². The van der Waals surface area contributed by atoms with Crippen molar-refractivity contribution in [3.63, 3.8) is 0 Å². The van der Waals surface area contributed by atoms with Gasteiger partial charge in [-0.3, -0.25) is 4.90 Å². The highest BCUT2D eigenvalue weighted by Gasteiger charge is 2.15. The van der Waals surface area contributed by atoms with E-state index in [1.165, 1.54) is 24.8 Å². The van der Waals surface area contributed by atoms with Gasteiger partial charge in [0.15, 0.2) is 0 Å². The second-order valence-corrected chi connectivity index (χ2v) is 6.49. The van der Waals surface area contributed by atoms with Gasteiger partial charge in [-0.25, -0.2) is 9.37 Å². The Hall–Kier alpha value is -2.05. The molecule has 2 heterocycles. The molecule has 0 bridgehead atoms. The van der Waals surface area contributed by atoms with E-state index in [0.29, 0.717) is 0 Å². The second kappa shape index (κ2) is 8.17. The summed E-state index contributed by atoms with van der Waals surface area (Å²) in [5.41, 5.74) is 3.08. The van der Waals surface area contributed by atoms with Crippen LogP contribution >= 0.6 is 11.3 Å². The van der Waals surface area contributed by atoms with Crippen molar-refractivity contribution in [2.75, 3.05) is 26.7 Å². The largest absolute Gasteiger partial charge is 0.399 e. The average Bonchev–Trinajstić information content (AvgIpc) is 3.14. The zero-order valence-corrected chi connectivity index (χ0v) is 14.4. The van der Waals surface area contributed by atoms with Gasteiger partial charge < -0.3 is 4.84 Å². The zero-order valence-electron chi connectivity index (χ0n) is 13.6. The second-order valence-electron chi connectivity index (χ2n) is 5.59. The maximum absolute atomic E-state index is 13.1. The Kier molecular flexibility index (Phi) is 5.72. The molecule has 24 heavy (non-hydrogen) atoms. The van der Waals surface area contributed by atoms with E-state index in [1.54, 1.807) is 23.5 Å². The Balaban J connectivity index is 1.58. The van der Waals surface area contributed by atoms with Crippen molar-refractivity contribution in [2.45, 2.75) is 12.8 Å². The van der Waals surface area contributed by atoms with Crippen LogP contribution < -0.4 is 0 Å². The van der Waals surface area contributed by atoms with Gasteiger partial charge in [-0.05, 0) is 29.7 Å². The lowest BCUT2D eigenvalue weighted by atomic mass is 10.1. The van der Waals surface area contributed by atoms with E-state index in [-0.39, 0.29) is 5.82 Å². The van der Waals surface area contributed by atoms with Gasteiger partial charge in [-0.15, -0.1) is 11.3 Å². The van der Waals surface area contributed by atoms with Crippen LogP contribution in [0.3, 0.4) is 0 Å². The average molecular weight is 345 g/mol. The molecule has 0 atom stereocenters. The summed E-state index contributed by atoms with van der Waals surface area (Å²) < 4.78 is 13.1. The number of thiazole rings is 1. The first-order chi connectivity index (χ1) is 11.8. The monoisotopic (exact) mass is 345 g/mol. The van der Waals surface area contributed by atoms with Crippen LogP contribution in [0.25, 0.3) is 5.57 Å². The highest BCUT2D eigenvalue weighted by molar-refractivity contribution is 7.10. The van der Waals surface area contributed by atoms with Gasteiger partial charge in [0.2, 0.25) is 0 Å². The molecule has 0 radical (unpaired) electrons. The standard InChI is InChI=1S/C18H20FN3OS/c1-23-21-17(14-2-4-16(19)5-3-14)8-12-22-10-6-15(7-11-22)18-20-9-13-24-18/h2-6,9,13H,7-8,10-12H2,1H3. The number of oxime groups is 1. The molecule has 1 aromatic carbocycles. The first-order valence-electron chi connectivity index (χ1n) is 7.93. The van der Waals surface area contributed by atoms with Crippen molar-refractivity contribution < 1.29 is 9.23 Å². The van der Waals surface area contributed by atoms with Crippen molar-refractivity contribution in [3.8, 4) is 0 Å². The Morgan fingerprint density at radius 1 is 1.38 bits per heavy atom. The Morgan fingerprint density at radius 2 is 2.21 bits per heavy atom. The lowest BCUT2D eigenvalue weighted by Crippen LogP contribution is -2.30. The molecule has 126 valence electrons. The topological polar surface area (TPSA) is 37.7 Å². The van der Waals surface area contributed by atoms with E-state index in [0.717, 1.165) is 48.8 Å². The van der Waals surface area contributed by atoms with Gasteiger partial charge in [0.1, 0.15) is 17.9 Å². The van der Waals surface area contributed by atoms with Gasteiger partial charge in [-0.1, -0.05) is 23.4 Å². The van der Waals surface area contributed by atoms with E-state index < -0.39 is 0 Å². The van der Waals surface area contributed by atoms with Crippen LogP contribution in [0.15, 0.2) is 47.1 Å². The van der Waals surface area contributed by atoms with Crippen LogP contribution in [-0.2, 0) is 4.84 Å². The lowest BCUT2D eigenvalue weighted by molar-refractivity contribution is 0.212. The summed E-state index contributed by atoms with van der Waals surface area (Å²) >= 11 is 1.69. The summed E-state index contributed by atoms with van der Waals surface area (Å²) in [6, 6.07) is 6.38. The van der Waals surface area contributed by atoms with Crippen LogP contribution in [0.4, 0.5) is 4.39 Å². The molecule has 0 unspecified atom stereocenters. The molecule has 2 aromatic rings. The fourth-order valence-electron chi connectivity index (χ4n) is 2.75. The number of benzene rings is 1. The summed E-state index contributed by atoms with van der Waals surface area (Å²) in [5, 5.41) is 7.25. The Bertz CT molecular complexity index is 710. The molecule has 6 heteroatoms. The third-order valence-corrected chi connectivity index (χ3v) is 4.89. The predicted octanol–water partition coefficient (Wildman–Crippen LogP) is 3.81. The molecule has 1 aromatic heterocycles. The highest BCUT2D eigenvalue weighted by atomic mass is 32.1. The molecule has 0 N–H and O–H groups in total. The van der Waals surface area contributed by atoms with Crippen molar-refractivity contribution in [3.05, 3.63) is 58.3 Å². The molecule has 4 nitrogen and oxygen atoms in total. The van der Waals surface area contributed by atoms with E-state index in [4.69, 9.17) is 4.84 Å². The van der Waals surface area contributed by atoms with Crippen LogP contribution in [0.1, 0.15) is 23.4 Å². The van der Waals surface area contributed by atoms with E-state index in [1.807, 2.05) is 11.6 Å². The molecule has 1 aliphatic heterocycles. The number of aromatic nitrogens is 1. The van der Waals surface area contributed by atoms with Crippen molar-refractivity contribution in [2.24, 2.45) is 5.16 Å². The molecule has 0 fully saturated rings. The van der Waals surface area contributed by atoms with E-state index in [9.17, 15) is 4.39 Å². The van der Waals surface area contributed by atoms with Gasteiger partial charge in [0, 0.05) is 37.6 Å². The first kappa shape index (κ1) is 16.8. The van der Waals surface area contributed by atoms with E-state index in [2.05, 4.69) is 21.1 Å². The van der Waals surface area contributed by atoms with Crippen LogP contribution in [0.5, 0.6) is 0 Å². The van der Waals surface area contributed by atoms with Crippen molar-refractivity contribution in [1.82, 2.24) is 9.88 Å². The predicted molar refractivity (Wildman–Crippen MR) is 95.7 cm³/mol. The molecule has 0 saturated carbocycles. The molecular weight excluding hydrogens is 325 g/mol. The molecule has 1 aliphatic rings. The number of halogens is 1. The van der Waals surface area contributed by atoms with Crippen molar-refractivity contribution >= 4 is 22.6 Å². The SMILES string of the molecule is CON=C(CCN1CC=C(c2nccs2)CC1)c1ccc(F)cc1. The Morgan fingerprint density at radius 3 is 2.83 bits per heavy atom. The first-order valence-corrected chi connectivity index (χ1v) is 8.81. The van der Waals surface area contributed by atoms with Gasteiger partial charge in [0.05, 0.1) is 5.71 Å². The molecule has 0 aliphatic carbocycles. The normalized spacial score (nSPS) is 16.1. The highest BCUT2D eigenvalue weighted by Crippen LogP contribution is 2.24. The minimum atomic E-state index is -0.244. The number of nitrogens with zero attached hydrogens (tertiary/aromatic N) is 3. The van der Waals surface area contributed by atoms with Gasteiger partial charge in [-0.2, -0.15) is 0 Å². The molecule has 0 saturated heterocycles. The summed E-state index contributed by atoms with van der Waals surface area (Å²) in [6.45, 7) is 2.81. The molecule has 0 amide bonds. The summed E-state index contributed by atoms with van der Waals surface area (Å²) in [4.78, 5) is 11.7. The maximum Gasteiger partial charge on any atom is 0.123 e. The summed E-state index contributed by atoms with van der Waals surface area (Å²) in [5.74, 6) is -0.244. The number of hydrogen-bond donors (Lipinski definition) is 0. The van der Waals surface area contributed by atoms with E-state index >= 15 is 0 Å². The maximum atomic E-state index is 13.1. The fraction of sp³-hybridized carbons (Fsp3) is 0.333. The fourth-order valence-corrected chi connectivity index (χ4v) is 3.46. The zero-order chi connectivity index (χ0) is 16.8. The molecule has 0 spiro atoms. The summed E-state index contributed by atoms with van der Waals surface area (Å²) in [7, 11) is 1.54. The Labute approximate surface area is 145 Å². The molecule has 3 rings (SSSR count). The van der Waals surface area contributed by atoms with Gasteiger partial charge >= 0.3 is 0 Å². The van der Waals surface area contributed by atoms with Crippen LogP contribution in [-0.4, -0.2) is 42.3 Å². The minimum absolute atomic E-state index is 0.244. The molecular formula is C18H20FN3OS. The third-order valence-electron chi connectivity index (χ3n) is 4.04. The summed E-state index contributed by atoms with van der Waals surface area (Å²) in [6.07, 6.45) is 5.89. The smallest absolute Gasteiger partial charge is 0.123 e. The van der Waals surface area contributed by atoms with Gasteiger partial charge in [0.25, 0.3) is 0 Å². The minimum Gasteiger partial charge on any atom is -0.399 e. The number of rotatable bonds is 6. The number of hydrogen-bond acceptors (Lipinski definition) is 5.